The van der Waals surface area contributed by atoms with E-state index >= 15 is 0 Å². The van der Waals surface area contributed by atoms with Gasteiger partial charge < -0.3 is 9.64 Å². The van der Waals surface area contributed by atoms with E-state index in [9.17, 15) is 9.59 Å². The Morgan fingerprint density at radius 2 is 1.89 bits per heavy atom. The number of carbonyl (C=O) groups excluding carboxylic acids is 2. The number of carbonyl (C=O) groups is 2. The molecule has 0 amide bonds. The third-order valence-corrected chi connectivity index (χ3v) is 9.83. The lowest BCUT2D eigenvalue weighted by molar-refractivity contribution is -0.136. The van der Waals surface area contributed by atoms with E-state index in [0.29, 0.717) is 18.3 Å². The first-order valence-corrected chi connectivity index (χ1v) is 13.5. The first kappa shape index (κ1) is 25.0. The van der Waals surface area contributed by atoms with Crippen molar-refractivity contribution in [3.8, 4) is 11.8 Å². The number of methoxy groups -OCH3 is 1. The summed E-state index contributed by atoms with van der Waals surface area (Å²) < 4.78 is 5.38. The molecule has 0 heterocycles. The Bertz CT molecular complexity index is 1190. The van der Waals surface area contributed by atoms with Gasteiger partial charge >= 0.3 is 0 Å². The molecular weight excluding hydrogens is 446 g/mol. The van der Waals surface area contributed by atoms with Crippen molar-refractivity contribution in [1.82, 2.24) is 0 Å². The molecule has 1 aromatic carbocycles. The first-order valence-electron chi connectivity index (χ1n) is 13.5. The number of Topliss-reactive ketones (excluding diaryl/α,β-unsaturated/α-hetero) is 1. The van der Waals surface area contributed by atoms with E-state index < -0.39 is 5.41 Å². The highest BCUT2D eigenvalue weighted by atomic mass is 16.5. The molecule has 4 aliphatic rings. The summed E-state index contributed by atoms with van der Waals surface area (Å²) in [6, 6.07) is 8.97. The molecule has 0 bridgehead atoms. The summed E-state index contributed by atoms with van der Waals surface area (Å²) in [6.45, 7) is 4.33. The SMILES string of the molecule is CC#C[C@]1(C(=O)COC)CC[C@H]2[C@@H]3CCC4=CC(=O)CCC4=C3[C@@H](c3ccc(N(C)C)cc3)C[C@@]21C. The fourth-order valence-electron chi connectivity index (χ4n) is 8.19. The number of hydrogen-bond acceptors (Lipinski definition) is 4. The van der Waals surface area contributed by atoms with Crippen LogP contribution < -0.4 is 4.90 Å². The Balaban J connectivity index is 1.68. The molecule has 0 N–H and O–H groups in total. The number of hydrogen-bond donors (Lipinski definition) is 0. The van der Waals surface area contributed by atoms with Crippen LogP contribution in [-0.2, 0) is 14.3 Å². The van der Waals surface area contributed by atoms with E-state index in [0.717, 1.165) is 38.5 Å². The van der Waals surface area contributed by atoms with E-state index in [-0.39, 0.29) is 29.5 Å². The van der Waals surface area contributed by atoms with Gasteiger partial charge in [0.05, 0.1) is 5.41 Å². The molecule has 0 aromatic heterocycles. The molecule has 5 rings (SSSR count). The zero-order chi connectivity index (χ0) is 25.7. The van der Waals surface area contributed by atoms with Crippen LogP contribution in [0.2, 0.25) is 0 Å². The third kappa shape index (κ3) is 3.70. The number of nitrogens with zero attached hydrogens (tertiary/aromatic N) is 1. The predicted molar refractivity (Wildman–Crippen MR) is 144 cm³/mol. The van der Waals surface area contributed by atoms with Crippen molar-refractivity contribution in [3.63, 3.8) is 0 Å². The lowest BCUT2D eigenvalue weighted by Gasteiger charge is -2.54. The topological polar surface area (TPSA) is 46.6 Å². The minimum Gasteiger partial charge on any atom is -0.378 e. The monoisotopic (exact) mass is 485 g/mol. The maximum Gasteiger partial charge on any atom is 0.176 e. The van der Waals surface area contributed by atoms with E-state index in [1.165, 1.54) is 22.4 Å². The Kier molecular flexibility index (Phi) is 6.50. The molecule has 0 aliphatic heterocycles. The Morgan fingerprint density at radius 3 is 2.56 bits per heavy atom. The summed E-state index contributed by atoms with van der Waals surface area (Å²) in [4.78, 5) is 28.1. The number of allylic oxidation sites excluding steroid dienone is 4. The highest BCUT2D eigenvalue weighted by Gasteiger charge is 2.65. The fraction of sp³-hybridized carbons (Fsp3) is 0.562. The lowest BCUT2D eigenvalue weighted by Crippen LogP contribution is -2.51. The maximum absolute atomic E-state index is 13.7. The molecule has 4 aliphatic carbocycles. The van der Waals surface area contributed by atoms with Gasteiger partial charge in [-0.3, -0.25) is 9.59 Å². The molecule has 5 atom stereocenters. The van der Waals surface area contributed by atoms with Crippen LogP contribution in [-0.4, -0.2) is 39.4 Å². The largest absolute Gasteiger partial charge is 0.378 e. The van der Waals surface area contributed by atoms with Gasteiger partial charge in [0.2, 0.25) is 0 Å². The Morgan fingerprint density at radius 1 is 1.14 bits per heavy atom. The molecule has 0 spiro atoms. The van der Waals surface area contributed by atoms with Crippen LogP contribution in [0.3, 0.4) is 0 Å². The molecule has 1 aromatic rings. The predicted octanol–water partition coefficient (Wildman–Crippen LogP) is 5.88. The molecule has 4 nitrogen and oxygen atoms in total. The van der Waals surface area contributed by atoms with Crippen molar-refractivity contribution < 1.29 is 14.3 Å². The zero-order valence-electron chi connectivity index (χ0n) is 22.4. The van der Waals surface area contributed by atoms with Crippen molar-refractivity contribution >= 4 is 17.3 Å². The standard InChI is InChI=1S/C32H39NO3/c1-6-16-32(29(35)20-36-5)17-15-28-26-13-9-22-18-24(34)12-14-25(22)30(26)27(19-31(28,32)2)21-7-10-23(11-8-21)33(3)4/h7-8,10-11,18,26-28H,9,12-15,17,19-20H2,1-5H3/t26-,27+,28-,31-,32+/m0/s1. The van der Waals surface area contributed by atoms with E-state index in [1.807, 2.05) is 13.0 Å². The van der Waals surface area contributed by atoms with Gasteiger partial charge in [-0.25, -0.2) is 0 Å². The normalized spacial score (nSPS) is 33.1. The van der Waals surface area contributed by atoms with E-state index in [1.54, 1.807) is 12.7 Å². The summed E-state index contributed by atoms with van der Waals surface area (Å²) in [6.07, 6.45) is 8.14. The van der Waals surface area contributed by atoms with Crippen molar-refractivity contribution in [3.05, 3.63) is 52.6 Å². The second kappa shape index (κ2) is 9.34. The van der Waals surface area contributed by atoms with Crippen LogP contribution in [0.5, 0.6) is 0 Å². The molecule has 2 fully saturated rings. The average Bonchev–Trinajstić information content (AvgIpc) is 3.16. The van der Waals surface area contributed by atoms with Crippen molar-refractivity contribution in [2.75, 3.05) is 32.7 Å². The van der Waals surface area contributed by atoms with Gasteiger partial charge in [-0.2, -0.15) is 0 Å². The van der Waals surface area contributed by atoms with Gasteiger partial charge in [0.25, 0.3) is 0 Å². The van der Waals surface area contributed by atoms with Crippen LogP contribution in [0.4, 0.5) is 5.69 Å². The van der Waals surface area contributed by atoms with E-state index in [2.05, 4.69) is 62.0 Å². The minimum atomic E-state index is -0.668. The molecule has 0 unspecified atom stereocenters. The zero-order valence-corrected chi connectivity index (χ0v) is 22.4. The summed E-state index contributed by atoms with van der Waals surface area (Å²) in [5, 5.41) is 0. The highest BCUT2D eigenvalue weighted by Crippen LogP contribution is 2.69. The molecule has 36 heavy (non-hydrogen) atoms. The third-order valence-electron chi connectivity index (χ3n) is 9.83. The second-order valence-corrected chi connectivity index (χ2v) is 11.7. The summed E-state index contributed by atoms with van der Waals surface area (Å²) in [7, 11) is 5.74. The van der Waals surface area contributed by atoms with Crippen LogP contribution in [0.15, 0.2) is 47.1 Å². The van der Waals surface area contributed by atoms with Crippen molar-refractivity contribution in [1.29, 1.82) is 0 Å². The van der Waals surface area contributed by atoms with Crippen LogP contribution in [0.25, 0.3) is 0 Å². The number of benzene rings is 1. The molecular formula is C32H39NO3. The van der Waals surface area contributed by atoms with E-state index in [4.69, 9.17) is 4.74 Å². The van der Waals surface area contributed by atoms with Gasteiger partial charge in [0, 0.05) is 39.2 Å². The number of fused-ring (bicyclic) bond motifs is 4. The minimum absolute atomic E-state index is 0.118. The fourth-order valence-corrected chi connectivity index (χ4v) is 8.19. The van der Waals surface area contributed by atoms with Gasteiger partial charge in [-0.05, 0) is 97.6 Å². The Labute approximate surface area is 216 Å². The molecule has 190 valence electrons. The summed E-state index contributed by atoms with van der Waals surface area (Å²) in [5.74, 6) is 8.11. The molecule has 2 saturated carbocycles. The average molecular weight is 486 g/mol. The van der Waals surface area contributed by atoms with Crippen LogP contribution >= 0.6 is 0 Å². The second-order valence-electron chi connectivity index (χ2n) is 11.7. The summed E-state index contributed by atoms with van der Waals surface area (Å²) >= 11 is 0. The maximum atomic E-state index is 13.7. The lowest BCUT2D eigenvalue weighted by atomic mass is 9.48. The summed E-state index contributed by atoms with van der Waals surface area (Å²) in [5.41, 5.74) is 5.87. The molecule has 0 saturated heterocycles. The number of anilines is 1. The highest BCUT2D eigenvalue weighted by molar-refractivity contribution is 5.93. The smallest absolute Gasteiger partial charge is 0.176 e. The van der Waals surface area contributed by atoms with Crippen LogP contribution in [0.1, 0.15) is 70.3 Å². The van der Waals surface area contributed by atoms with Gasteiger partial charge in [0.1, 0.15) is 6.61 Å². The number of rotatable bonds is 5. The van der Waals surface area contributed by atoms with Crippen molar-refractivity contribution in [2.45, 2.75) is 64.7 Å². The number of ether oxygens (including phenoxy) is 1. The molecule has 0 radical (unpaired) electrons. The first-order chi connectivity index (χ1) is 17.3. The number of ketones is 2. The quantitative estimate of drug-likeness (QED) is 0.489. The van der Waals surface area contributed by atoms with Crippen LogP contribution in [0, 0.1) is 34.5 Å². The van der Waals surface area contributed by atoms with Gasteiger partial charge in [-0.15, -0.1) is 5.92 Å². The van der Waals surface area contributed by atoms with Crippen molar-refractivity contribution in [2.24, 2.45) is 22.7 Å². The Hall–Kier alpha value is -2.64. The van der Waals surface area contributed by atoms with Gasteiger partial charge in [-0.1, -0.05) is 30.6 Å². The van der Waals surface area contributed by atoms with Gasteiger partial charge in [0.15, 0.2) is 11.6 Å². The molecule has 4 heteroatoms.